The highest BCUT2D eigenvalue weighted by atomic mass is 79.9. The zero-order chi connectivity index (χ0) is 19.3. The average molecular weight is 426 g/mol. The van der Waals surface area contributed by atoms with E-state index >= 15 is 0 Å². The normalized spacial score (nSPS) is 14.9. The second kappa shape index (κ2) is 9.00. The molecule has 0 spiro atoms. The second-order valence-electron chi connectivity index (χ2n) is 6.68. The van der Waals surface area contributed by atoms with Crippen LogP contribution in [0.4, 0.5) is 13.2 Å². The molecule has 2 atom stereocenters. The van der Waals surface area contributed by atoms with Crippen molar-refractivity contribution in [3.8, 4) is 0 Å². The van der Waals surface area contributed by atoms with Gasteiger partial charge in [0.25, 0.3) is 0 Å². The molecule has 8 heteroatoms. The van der Waals surface area contributed by atoms with Crippen molar-refractivity contribution in [2.24, 2.45) is 0 Å². The molecule has 0 heterocycles. The standard InChI is InChI=1S/C17H23BrF3NO3/c1-16(2,3)25-10-14(18)15(24)22-13(9-23)8-11-4-6-12(7-5-11)17(19,20)21/h4-7,13-14,23H,8-10H2,1-3H3,(H,22,24)/t13-,14?/m0/s1. The molecule has 142 valence electrons. The van der Waals surface area contributed by atoms with Crippen LogP contribution < -0.4 is 5.32 Å². The minimum atomic E-state index is -4.39. The molecule has 0 radical (unpaired) electrons. The number of halogens is 4. The molecule has 0 aromatic heterocycles. The molecule has 0 bridgehead atoms. The number of nitrogens with one attached hydrogen (secondary N) is 1. The first-order valence-corrected chi connectivity index (χ1v) is 8.69. The van der Waals surface area contributed by atoms with Crippen molar-refractivity contribution in [3.05, 3.63) is 35.4 Å². The zero-order valence-electron chi connectivity index (χ0n) is 14.4. The Morgan fingerprint density at radius 3 is 2.24 bits per heavy atom. The Bertz CT molecular complexity index is 556. The molecule has 1 amide bonds. The molecule has 1 aromatic carbocycles. The van der Waals surface area contributed by atoms with Crippen molar-refractivity contribution in [3.63, 3.8) is 0 Å². The molecule has 0 saturated heterocycles. The van der Waals surface area contributed by atoms with E-state index in [4.69, 9.17) is 4.74 Å². The number of aliphatic hydroxyl groups excluding tert-OH is 1. The van der Waals surface area contributed by atoms with Gasteiger partial charge in [0.05, 0.1) is 30.4 Å². The van der Waals surface area contributed by atoms with Gasteiger partial charge in [-0.15, -0.1) is 0 Å². The molecule has 25 heavy (non-hydrogen) atoms. The van der Waals surface area contributed by atoms with Crippen LogP contribution in [0.1, 0.15) is 31.9 Å². The van der Waals surface area contributed by atoms with Crippen LogP contribution in [0.2, 0.25) is 0 Å². The first-order chi connectivity index (χ1) is 11.4. The Morgan fingerprint density at radius 1 is 1.24 bits per heavy atom. The van der Waals surface area contributed by atoms with Crippen LogP contribution in [0.5, 0.6) is 0 Å². The quantitative estimate of drug-likeness (QED) is 0.658. The summed E-state index contributed by atoms with van der Waals surface area (Å²) in [5, 5.41) is 12.1. The molecule has 0 saturated carbocycles. The highest BCUT2D eigenvalue weighted by Gasteiger charge is 2.30. The molecule has 1 aromatic rings. The molecule has 0 aliphatic rings. The van der Waals surface area contributed by atoms with Crippen molar-refractivity contribution in [2.75, 3.05) is 13.2 Å². The van der Waals surface area contributed by atoms with Crippen LogP contribution in [0.15, 0.2) is 24.3 Å². The number of carbonyl (C=O) groups excluding carboxylic acids is 1. The maximum absolute atomic E-state index is 12.6. The Kier molecular flexibility index (Phi) is 7.89. The van der Waals surface area contributed by atoms with Crippen LogP contribution in [0.3, 0.4) is 0 Å². The number of rotatable bonds is 7. The van der Waals surface area contributed by atoms with Gasteiger partial charge in [-0.05, 0) is 44.9 Å². The van der Waals surface area contributed by atoms with Gasteiger partial charge in [-0.25, -0.2) is 0 Å². The summed E-state index contributed by atoms with van der Waals surface area (Å²) in [5.74, 6) is -0.352. The van der Waals surface area contributed by atoms with E-state index in [0.717, 1.165) is 12.1 Å². The van der Waals surface area contributed by atoms with E-state index in [1.54, 1.807) is 0 Å². The van der Waals surface area contributed by atoms with E-state index in [2.05, 4.69) is 21.2 Å². The lowest BCUT2D eigenvalue weighted by Gasteiger charge is -2.23. The lowest BCUT2D eigenvalue weighted by Crippen LogP contribution is -2.44. The molecule has 0 fully saturated rings. The van der Waals surface area contributed by atoms with E-state index in [0.29, 0.717) is 5.56 Å². The monoisotopic (exact) mass is 425 g/mol. The third kappa shape index (κ3) is 8.20. The fourth-order valence-electron chi connectivity index (χ4n) is 1.97. The van der Waals surface area contributed by atoms with Gasteiger partial charge < -0.3 is 15.2 Å². The average Bonchev–Trinajstić information content (AvgIpc) is 2.50. The number of hydrogen-bond acceptors (Lipinski definition) is 3. The van der Waals surface area contributed by atoms with E-state index in [1.165, 1.54) is 12.1 Å². The number of amides is 1. The smallest absolute Gasteiger partial charge is 0.394 e. The van der Waals surface area contributed by atoms with E-state index in [1.807, 2.05) is 20.8 Å². The first kappa shape index (κ1) is 21.9. The van der Waals surface area contributed by atoms with Gasteiger partial charge in [-0.2, -0.15) is 13.2 Å². The van der Waals surface area contributed by atoms with Crippen molar-refractivity contribution >= 4 is 21.8 Å². The summed E-state index contributed by atoms with van der Waals surface area (Å²) in [6, 6.07) is 4.04. The fourth-order valence-corrected chi connectivity index (χ4v) is 2.23. The van der Waals surface area contributed by atoms with Crippen molar-refractivity contribution < 1.29 is 27.8 Å². The van der Waals surface area contributed by atoms with Crippen molar-refractivity contribution in [2.45, 2.75) is 49.8 Å². The molecule has 0 aliphatic carbocycles. The van der Waals surface area contributed by atoms with Crippen molar-refractivity contribution in [1.82, 2.24) is 5.32 Å². The SMILES string of the molecule is CC(C)(C)OCC(Br)C(=O)N[C@H](CO)Cc1ccc(C(F)(F)F)cc1. The summed E-state index contributed by atoms with van der Waals surface area (Å²) in [6.07, 6.45) is -4.17. The Morgan fingerprint density at radius 2 is 1.80 bits per heavy atom. The van der Waals surface area contributed by atoms with Gasteiger partial charge >= 0.3 is 6.18 Å². The fraction of sp³-hybridized carbons (Fsp3) is 0.588. The third-order valence-corrected chi connectivity index (χ3v) is 3.96. The number of hydrogen-bond donors (Lipinski definition) is 2. The van der Waals surface area contributed by atoms with E-state index in [-0.39, 0.29) is 31.1 Å². The molecule has 2 N–H and O–H groups in total. The minimum Gasteiger partial charge on any atom is -0.394 e. The van der Waals surface area contributed by atoms with Crippen LogP contribution in [-0.2, 0) is 22.1 Å². The maximum atomic E-state index is 12.6. The number of ether oxygens (including phenoxy) is 1. The van der Waals surface area contributed by atoms with Crippen LogP contribution in [-0.4, -0.2) is 40.7 Å². The second-order valence-corrected chi connectivity index (χ2v) is 7.78. The molecular formula is C17H23BrF3NO3. The summed E-state index contributed by atoms with van der Waals surface area (Å²) in [7, 11) is 0. The van der Waals surface area contributed by atoms with Crippen LogP contribution >= 0.6 is 15.9 Å². The molecule has 1 rings (SSSR count). The lowest BCUT2D eigenvalue weighted by molar-refractivity contribution is -0.137. The topological polar surface area (TPSA) is 58.6 Å². The van der Waals surface area contributed by atoms with Gasteiger partial charge in [0, 0.05) is 0 Å². The van der Waals surface area contributed by atoms with Gasteiger partial charge in [0.15, 0.2) is 0 Å². The van der Waals surface area contributed by atoms with E-state index < -0.39 is 22.6 Å². The highest BCUT2D eigenvalue weighted by molar-refractivity contribution is 9.10. The predicted molar refractivity (Wildman–Crippen MR) is 92.6 cm³/mol. The van der Waals surface area contributed by atoms with Gasteiger partial charge in [0.1, 0.15) is 4.83 Å². The zero-order valence-corrected chi connectivity index (χ0v) is 15.9. The van der Waals surface area contributed by atoms with E-state index in [9.17, 15) is 23.1 Å². The Hall–Kier alpha value is -1.12. The van der Waals surface area contributed by atoms with Crippen molar-refractivity contribution in [1.29, 1.82) is 0 Å². The van der Waals surface area contributed by atoms with Crippen LogP contribution in [0.25, 0.3) is 0 Å². The first-order valence-electron chi connectivity index (χ1n) is 7.78. The number of carbonyl (C=O) groups is 1. The molecule has 1 unspecified atom stereocenters. The summed E-state index contributed by atoms with van der Waals surface area (Å²) in [6.45, 7) is 5.43. The van der Waals surface area contributed by atoms with Gasteiger partial charge in [0.2, 0.25) is 5.91 Å². The Labute approximate surface area is 153 Å². The third-order valence-electron chi connectivity index (χ3n) is 3.28. The van der Waals surface area contributed by atoms with Gasteiger partial charge in [-0.1, -0.05) is 28.1 Å². The number of alkyl halides is 4. The number of benzene rings is 1. The Balaban J connectivity index is 2.60. The molecule has 0 aliphatic heterocycles. The summed E-state index contributed by atoms with van der Waals surface area (Å²) < 4.78 is 43.2. The van der Waals surface area contributed by atoms with Crippen LogP contribution in [0, 0.1) is 0 Å². The summed E-state index contributed by atoms with van der Waals surface area (Å²) in [4.78, 5) is 11.5. The number of aliphatic hydroxyl groups is 1. The predicted octanol–water partition coefficient (Wildman–Crippen LogP) is 3.30. The lowest BCUT2D eigenvalue weighted by atomic mass is 10.0. The largest absolute Gasteiger partial charge is 0.416 e. The highest BCUT2D eigenvalue weighted by Crippen LogP contribution is 2.29. The van der Waals surface area contributed by atoms with Gasteiger partial charge in [-0.3, -0.25) is 4.79 Å². The summed E-state index contributed by atoms with van der Waals surface area (Å²) >= 11 is 3.23. The maximum Gasteiger partial charge on any atom is 0.416 e. The minimum absolute atomic E-state index is 0.160. The summed E-state index contributed by atoms with van der Waals surface area (Å²) in [5.41, 5.74) is -0.534. The molecular weight excluding hydrogens is 403 g/mol. The molecule has 4 nitrogen and oxygen atoms in total.